The third-order valence-electron chi connectivity index (χ3n) is 5.21. The molecular weight excluding hydrogens is 388 g/mol. The van der Waals surface area contributed by atoms with Gasteiger partial charge in [-0.25, -0.2) is 4.68 Å². The van der Waals surface area contributed by atoms with Crippen LogP contribution in [0, 0.1) is 12.8 Å². The Morgan fingerprint density at radius 2 is 1.90 bits per heavy atom. The Morgan fingerprint density at radius 3 is 2.59 bits per heavy atom. The van der Waals surface area contributed by atoms with E-state index in [2.05, 4.69) is 10.6 Å². The predicted octanol–water partition coefficient (Wildman–Crippen LogP) is 2.58. The van der Waals surface area contributed by atoms with E-state index < -0.39 is 6.10 Å². The molecule has 6 nitrogen and oxygen atoms in total. The number of benzene rings is 2. The normalized spacial score (nSPS) is 18.3. The second-order valence-corrected chi connectivity index (χ2v) is 7.18. The minimum Gasteiger partial charge on any atom is -0.391 e. The number of aromatic nitrogens is 2. The summed E-state index contributed by atoms with van der Waals surface area (Å²) in [7, 11) is 0. The van der Waals surface area contributed by atoms with Gasteiger partial charge in [-0.05, 0) is 24.6 Å². The molecule has 2 atom stereocenters. The SMILES string of the molecule is Cc1ccccc1-c1nn(-c2ccccc2)cc1C(=O)NCC1CNCC1O.Cl. The summed E-state index contributed by atoms with van der Waals surface area (Å²) >= 11 is 0. The first-order valence-corrected chi connectivity index (χ1v) is 9.51. The van der Waals surface area contributed by atoms with E-state index in [-0.39, 0.29) is 24.2 Å². The number of amides is 1. The summed E-state index contributed by atoms with van der Waals surface area (Å²) < 4.78 is 1.74. The van der Waals surface area contributed by atoms with Gasteiger partial charge >= 0.3 is 0 Å². The number of nitrogens with one attached hydrogen (secondary N) is 2. The van der Waals surface area contributed by atoms with Gasteiger partial charge in [-0.3, -0.25) is 4.79 Å². The van der Waals surface area contributed by atoms with Crippen LogP contribution in [0.2, 0.25) is 0 Å². The maximum Gasteiger partial charge on any atom is 0.255 e. The molecule has 152 valence electrons. The highest BCUT2D eigenvalue weighted by atomic mass is 35.5. The fourth-order valence-corrected chi connectivity index (χ4v) is 3.54. The lowest BCUT2D eigenvalue weighted by Crippen LogP contribution is -2.34. The maximum atomic E-state index is 13.0. The Kier molecular flexibility index (Phi) is 6.69. The van der Waals surface area contributed by atoms with E-state index >= 15 is 0 Å². The lowest BCUT2D eigenvalue weighted by Gasteiger charge is -2.14. The second kappa shape index (κ2) is 9.22. The van der Waals surface area contributed by atoms with Crippen molar-refractivity contribution in [2.75, 3.05) is 19.6 Å². The van der Waals surface area contributed by atoms with Gasteiger partial charge in [0.05, 0.1) is 17.4 Å². The first kappa shape index (κ1) is 21.0. The number of para-hydroxylation sites is 1. The minimum atomic E-state index is -0.428. The van der Waals surface area contributed by atoms with Crippen LogP contribution in [0.4, 0.5) is 0 Å². The largest absolute Gasteiger partial charge is 0.391 e. The van der Waals surface area contributed by atoms with Crippen LogP contribution >= 0.6 is 12.4 Å². The standard InChI is InChI=1S/C22H24N4O2.ClH/c1-15-7-5-6-10-18(15)21-19(14-26(25-21)17-8-3-2-4-9-17)22(28)24-12-16-11-23-13-20(16)27;/h2-10,14,16,20,23,27H,11-13H2,1H3,(H,24,28);1H. The maximum absolute atomic E-state index is 13.0. The van der Waals surface area contributed by atoms with Gasteiger partial charge in [-0.2, -0.15) is 5.10 Å². The van der Waals surface area contributed by atoms with E-state index in [4.69, 9.17) is 5.10 Å². The third kappa shape index (κ3) is 4.50. The van der Waals surface area contributed by atoms with Crippen LogP contribution in [0.5, 0.6) is 0 Å². The Balaban J connectivity index is 0.00000240. The van der Waals surface area contributed by atoms with Crippen LogP contribution in [-0.2, 0) is 0 Å². The molecule has 2 aromatic carbocycles. The summed E-state index contributed by atoms with van der Waals surface area (Å²) in [4.78, 5) is 13.0. The molecule has 3 N–H and O–H groups in total. The first-order valence-electron chi connectivity index (χ1n) is 9.51. The van der Waals surface area contributed by atoms with E-state index in [0.29, 0.717) is 30.9 Å². The summed E-state index contributed by atoms with van der Waals surface area (Å²) in [5.74, 6) is -0.158. The molecule has 0 saturated carbocycles. The molecule has 29 heavy (non-hydrogen) atoms. The number of aliphatic hydroxyl groups is 1. The fraction of sp³-hybridized carbons (Fsp3) is 0.273. The van der Waals surface area contributed by atoms with E-state index in [1.807, 2.05) is 61.5 Å². The molecule has 0 aliphatic carbocycles. The second-order valence-electron chi connectivity index (χ2n) is 7.18. The van der Waals surface area contributed by atoms with Gasteiger partial charge < -0.3 is 15.7 Å². The average Bonchev–Trinajstić information content (AvgIpc) is 3.34. The van der Waals surface area contributed by atoms with Crippen LogP contribution in [0.3, 0.4) is 0 Å². The predicted molar refractivity (Wildman–Crippen MR) is 116 cm³/mol. The highest BCUT2D eigenvalue weighted by Crippen LogP contribution is 2.26. The number of hydrogen-bond acceptors (Lipinski definition) is 4. The Bertz CT molecular complexity index is 974. The highest BCUT2D eigenvalue weighted by Gasteiger charge is 2.26. The quantitative estimate of drug-likeness (QED) is 0.601. The summed E-state index contributed by atoms with van der Waals surface area (Å²) in [6, 6.07) is 17.7. The number of carbonyl (C=O) groups excluding carboxylic acids is 1. The van der Waals surface area contributed by atoms with Gasteiger partial charge in [0, 0.05) is 37.3 Å². The molecule has 0 bridgehead atoms. The summed E-state index contributed by atoms with van der Waals surface area (Å²) in [6.45, 7) is 3.71. The van der Waals surface area contributed by atoms with Crippen LogP contribution in [-0.4, -0.2) is 46.5 Å². The van der Waals surface area contributed by atoms with Crippen LogP contribution < -0.4 is 10.6 Å². The van der Waals surface area contributed by atoms with Crippen molar-refractivity contribution in [1.29, 1.82) is 0 Å². The van der Waals surface area contributed by atoms with Crippen molar-refractivity contribution in [3.63, 3.8) is 0 Å². The Hall–Kier alpha value is -2.67. The number of hydrogen-bond donors (Lipinski definition) is 3. The van der Waals surface area contributed by atoms with E-state index in [1.54, 1.807) is 10.9 Å². The molecule has 4 rings (SSSR count). The number of nitrogens with zero attached hydrogens (tertiary/aromatic N) is 2. The average molecular weight is 413 g/mol. The molecule has 1 aromatic heterocycles. The summed E-state index contributed by atoms with van der Waals surface area (Å²) in [5.41, 5.74) is 4.07. The molecule has 3 aromatic rings. The molecule has 1 aliphatic rings. The molecule has 1 fully saturated rings. The van der Waals surface area contributed by atoms with Gasteiger partial charge in [0.1, 0.15) is 5.69 Å². The zero-order valence-corrected chi connectivity index (χ0v) is 17.0. The zero-order valence-electron chi connectivity index (χ0n) is 16.2. The molecule has 1 aliphatic heterocycles. The molecule has 1 saturated heterocycles. The van der Waals surface area contributed by atoms with Crippen LogP contribution in [0.25, 0.3) is 16.9 Å². The van der Waals surface area contributed by atoms with E-state index in [0.717, 1.165) is 16.8 Å². The number of aryl methyl sites for hydroxylation is 1. The number of halogens is 1. The van der Waals surface area contributed by atoms with Gasteiger partial charge in [-0.1, -0.05) is 42.5 Å². The first-order chi connectivity index (χ1) is 13.6. The summed E-state index contributed by atoms with van der Waals surface area (Å²) in [6.07, 6.45) is 1.35. The lowest BCUT2D eigenvalue weighted by molar-refractivity contribution is 0.0927. The van der Waals surface area contributed by atoms with Gasteiger partial charge in [0.15, 0.2) is 0 Å². The minimum absolute atomic E-state index is 0. The van der Waals surface area contributed by atoms with Crippen molar-refractivity contribution < 1.29 is 9.90 Å². The highest BCUT2D eigenvalue weighted by molar-refractivity contribution is 6.00. The molecule has 7 heteroatoms. The molecular formula is C22H25ClN4O2. The number of β-amino-alcohol motifs (C(OH)–C–C–N with tert-alkyl or cyclic N) is 1. The molecule has 0 radical (unpaired) electrons. The molecule has 0 spiro atoms. The number of rotatable bonds is 5. The Labute approximate surface area is 176 Å². The topological polar surface area (TPSA) is 79.2 Å². The Morgan fingerprint density at radius 1 is 1.17 bits per heavy atom. The monoisotopic (exact) mass is 412 g/mol. The van der Waals surface area contributed by atoms with Gasteiger partial charge in [0.2, 0.25) is 0 Å². The van der Waals surface area contributed by atoms with Crippen molar-refractivity contribution in [3.05, 3.63) is 71.9 Å². The van der Waals surface area contributed by atoms with Crippen LogP contribution in [0.1, 0.15) is 15.9 Å². The fourth-order valence-electron chi connectivity index (χ4n) is 3.54. The number of aliphatic hydroxyl groups excluding tert-OH is 1. The lowest BCUT2D eigenvalue weighted by atomic mass is 10.0. The van der Waals surface area contributed by atoms with Gasteiger partial charge in [-0.15, -0.1) is 12.4 Å². The van der Waals surface area contributed by atoms with Crippen molar-refractivity contribution in [2.45, 2.75) is 13.0 Å². The molecule has 2 heterocycles. The molecule has 2 unspecified atom stereocenters. The van der Waals surface area contributed by atoms with Crippen molar-refractivity contribution >= 4 is 18.3 Å². The van der Waals surface area contributed by atoms with E-state index in [9.17, 15) is 9.90 Å². The summed E-state index contributed by atoms with van der Waals surface area (Å²) in [5, 5.41) is 20.8. The smallest absolute Gasteiger partial charge is 0.255 e. The molecule has 1 amide bonds. The number of carbonyl (C=O) groups is 1. The van der Waals surface area contributed by atoms with E-state index in [1.165, 1.54) is 0 Å². The van der Waals surface area contributed by atoms with Crippen LogP contribution in [0.15, 0.2) is 60.8 Å². The third-order valence-corrected chi connectivity index (χ3v) is 5.21. The van der Waals surface area contributed by atoms with Crippen molar-refractivity contribution in [3.8, 4) is 16.9 Å². The van der Waals surface area contributed by atoms with Gasteiger partial charge in [0.25, 0.3) is 5.91 Å². The zero-order chi connectivity index (χ0) is 19.5. The van der Waals surface area contributed by atoms with Crippen molar-refractivity contribution in [1.82, 2.24) is 20.4 Å². The van der Waals surface area contributed by atoms with Crippen molar-refractivity contribution in [2.24, 2.45) is 5.92 Å².